The first-order valence-electron chi connectivity index (χ1n) is 4.71. The van der Waals surface area contributed by atoms with E-state index in [1.807, 2.05) is 18.2 Å². The topological polar surface area (TPSA) is 20.2 Å². The molecule has 0 saturated heterocycles. The first kappa shape index (κ1) is 10.0. The number of aliphatic hydroxyl groups is 1. The van der Waals surface area contributed by atoms with E-state index < -0.39 is 0 Å². The Morgan fingerprint density at radius 3 is 2.54 bits per heavy atom. The lowest BCUT2D eigenvalue weighted by molar-refractivity contribution is 0.250. The smallest absolute Gasteiger partial charge is 0.0493 e. The first-order chi connectivity index (χ1) is 6.36. The zero-order valence-electron chi connectivity index (χ0n) is 7.98. The third kappa shape index (κ3) is 3.43. The fourth-order valence-corrected chi connectivity index (χ4v) is 1.14. The molecule has 0 aromatic heterocycles. The van der Waals surface area contributed by atoms with Crippen LogP contribution in [0.25, 0.3) is 6.08 Å². The molecule has 1 unspecified atom stereocenters. The highest BCUT2D eigenvalue weighted by Gasteiger charge is 1.97. The van der Waals surface area contributed by atoms with Crippen molar-refractivity contribution in [3.05, 3.63) is 42.0 Å². The minimum absolute atomic E-state index is 0.236. The van der Waals surface area contributed by atoms with E-state index in [9.17, 15) is 0 Å². The van der Waals surface area contributed by atoms with Gasteiger partial charge in [0.15, 0.2) is 0 Å². The first-order valence-corrected chi connectivity index (χ1v) is 4.71. The Morgan fingerprint density at radius 2 is 2.00 bits per heavy atom. The van der Waals surface area contributed by atoms with Gasteiger partial charge in [0.05, 0.1) is 0 Å². The maximum atomic E-state index is 8.95. The highest BCUT2D eigenvalue weighted by molar-refractivity contribution is 5.48. The molecule has 1 atom stereocenters. The van der Waals surface area contributed by atoms with E-state index >= 15 is 0 Å². The summed E-state index contributed by atoms with van der Waals surface area (Å²) >= 11 is 0. The number of aliphatic hydroxyl groups excluding tert-OH is 1. The van der Waals surface area contributed by atoms with Gasteiger partial charge in [0.2, 0.25) is 0 Å². The van der Waals surface area contributed by atoms with Gasteiger partial charge in [0, 0.05) is 6.61 Å². The van der Waals surface area contributed by atoms with Crippen molar-refractivity contribution in [1.29, 1.82) is 0 Å². The van der Waals surface area contributed by atoms with Crippen molar-refractivity contribution < 1.29 is 5.11 Å². The van der Waals surface area contributed by atoms with Gasteiger partial charge in [-0.1, -0.05) is 49.4 Å². The molecule has 0 amide bonds. The molecule has 70 valence electrons. The second-order valence-electron chi connectivity index (χ2n) is 3.12. The maximum absolute atomic E-state index is 8.95. The van der Waals surface area contributed by atoms with Crippen LogP contribution >= 0.6 is 0 Å². The minimum Gasteiger partial charge on any atom is -0.396 e. The molecule has 0 aliphatic carbocycles. The molecule has 0 radical (unpaired) electrons. The summed E-state index contributed by atoms with van der Waals surface area (Å²) in [5, 5.41) is 8.95. The van der Waals surface area contributed by atoms with Gasteiger partial charge in [-0.15, -0.1) is 0 Å². The molecule has 0 saturated carbocycles. The second-order valence-corrected chi connectivity index (χ2v) is 3.12. The highest BCUT2D eigenvalue weighted by atomic mass is 16.3. The van der Waals surface area contributed by atoms with Crippen LogP contribution in [-0.2, 0) is 0 Å². The third-order valence-corrected chi connectivity index (χ3v) is 2.12. The van der Waals surface area contributed by atoms with Crippen molar-refractivity contribution in [2.24, 2.45) is 5.92 Å². The van der Waals surface area contributed by atoms with Crippen LogP contribution in [0.5, 0.6) is 0 Å². The predicted octanol–water partition coefficient (Wildman–Crippen LogP) is 2.72. The summed E-state index contributed by atoms with van der Waals surface area (Å²) in [6.45, 7) is 2.32. The van der Waals surface area contributed by atoms with Crippen LogP contribution in [0.3, 0.4) is 0 Å². The molecule has 1 aromatic carbocycles. The lowest BCUT2D eigenvalue weighted by Crippen LogP contribution is -1.99. The van der Waals surface area contributed by atoms with E-state index in [2.05, 4.69) is 31.2 Å². The molecule has 0 heterocycles. The molecule has 1 rings (SSSR count). The Kier molecular flexibility index (Phi) is 4.27. The van der Waals surface area contributed by atoms with E-state index in [0.717, 1.165) is 6.42 Å². The van der Waals surface area contributed by atoms with Gasteiger partial charge in [0.1, 0.15) is 0 Å². The lowest BCUT2D eigenvalue weighted by atomic mass is 10.1. The largest absolute Gasteiger partial charge is 0.396 e. The van der Waals surface area contributed by atoms with E-state index in [0.29, 0.717) is 5.92 Å². The quantitative estimate of drug-likeness (QED) is 0.747. The van der Waals surface area contributed by atoms with Gasteiger partial charge in [-0.3, -0.25) is 0 Å². The van der Waals surface area contributed by atoms with Crippen molar-refractivity contribution in [3.63, 3.8) is 0 Å². The van der Waals surface area contributed by atoms with Crippen LogP contribution < -0.4 is 0 Å². The molecule has 1 heteroatoms. The molecule has 1 aromatic rings. The van der Waals surface area contributed by atoms with Gasteiger partial charge in [0.25, 0.3) is 0 Å². The van der Waals surface area contributed by atoms with Crippen LogP contribution in [0.15, 0.2) is 36.4 Å². The summed E-state index contributed by atoms with van der Waals surface area (Å²) in [6, 6.07) is 10.1. The molecule has 1 nitrogen and oxygen atoms in total. The van der Waals surface area contributed by atoms with Gasteiger partial charge in [-0.25, -0.2) is 0 Å². The summed E-state index contributed by atoms with van der Waals surface area (Å²) in [7, 11) is 0. The molecule has 0 aliphatic heterocycles. The average Bonchev–Trinajstić information content (AvgIpc) is 2.21. The van der Waals surface area contributed by atoms with Crippen LogP contribution in [0.1, 0.15) is 18.9 Å². The molecule has 1 N–H and O–H groups in total. The second kappa shape index (κ2) is 5.55. The normalized spacial score (nSPS) is 13.4. The Hall–Kier alpha value is -1.08. The van der Waals surface area contributed by atoms with Crippen molar-refractivity contribution >= 4 is 6.08 Å². The maximum Gasteiger partial charge on any atom is 0.0493 e. The summed E-state index contributed by atoms with van der Waals surface area (Å²) in [5.41, 5.74) is 1.19. The van der Waals surface area contributed by atoms with Gasteiger partial charge < -0.3 is 5.11 Å². The molecule has 0 spiro atoms. The summed E-state index contributed by atoms with van der Waals surface area (Å²) in [5.74, 6) is 0.292. The van der Waals surface area contributed by atoms with Crippen molar-refractivity contribution in [2.45, 2.75) is 13.3 Å². The molecule has 0 fully saturated rings. The van der Waals surface area contributed by atoms with Crippen molar-refractivity contribution in [3.8, 4) is 0 Å². The van der Waals surface area contributed by atoms with Crippen LogP contribution in [0, 0.1) is 5.92 Å². The van der Waals surface area contributed by atoms with Crippen molar-refractivity contribution in [2.75, 3.05) is 6.61 Å². The summed E-state index contributed by atoms with van der Waals surface area (Å²) < 4.78 is 0. The predicted molar refractivity (Wildman–Crippen MR) is 56.3 cm³/mol. The van der Waals surface area contributed by atoms with E-state index in [1.54, 1.807) is 0 Å². The van der Waals surface area contributed by atoms with Gasteiger partial charge >= 0.3 is 0 Å². The number of hydrogen-bond donors (Lipinski definition) is 1. The number of hydrogen-bond acceptors (Lipinski definition) is 1. The number of benzene rings is 1. The molecule has 0 aliphatic rings. The fraction of sp³-hybridized carbons (Fsp3) is 0.333. The SMILES string of the molecule is CCC(C=Cc1ccccc1)CO. The van der Waals surface area contributed by atoms with Gasteiger partial charge in [-0.2, -0.15) is 0 Å². The van der Waals surface area contributed by atoms with Gasteiger partial charge in [-0.05, 0) is 17.9 Å². The van der Waals surface area contributed by atoms with Crippen LogP contribution in [0.4, 0.5) is 0 Å². The van der Waals surface area contributed by atoms with E-state index in [1.165, 1.54) is 5.56 Å². The third-order valence-electron chi connectivity index (χ3n) is 2.12. The molecule has 0 bridgehead atoms. The molecular formula is C12H16O. The van der Waals surface area contributed by atoms with Crippen molar-refractivity contribution in [1.82, 2.24) is 0 Å². The Morgan fingerprint density at radius 1 is 1.31 bits per heavy atom. The molecule has 13 heavy (non-hydrogen) atoms. The van der Waals surface area contributed by atoms with Crippen LogP contribution in [-0.4, -0.2) is 11.7 Å². The average molecular weight is 176 g/mol. The monoisotopic (exact) mass is 176 g/mol. The fourth-order valence-electron chi connectivity index (χ4n) is 1.14. The minimum atomic E-state index is 0.236. The summed E-state index contributed by atoms with van der Waals surface area (Å²) in [4.78, 5) is 0. The summed E-state index contributed by atoms with van der Waals surface area (Å²) in [6.07, 6.45) is 5.11. The Bertz CT molecular complexity index is 247. The number of rotatable bonds is 4. The standard InChI is InChI=1S/C12H16O/c1-2-11(10-13)8-9-12-6-4-3-5-7-12/h3-9,11,13H,2,10H2,1H3. The Balaban J connectivity index is 2.57. The zero-order valence-corrected chi connectivity index (χ0v) is 7.98. The molecular weight excluding hydrogens is 160 g/mol. The lowest BCUT2D eigenvalue weighted by Gasteiger charge is -2.03. The Labute approximate surface area is 79.7 Å². The van der Waals surface area contributed by atoms with Crippen LogP contribution in [0.2, 0.25) is 0 Å². The van der Waals surface area contributed by atoms with E-state index in [4.69, 9.17) is 5.11 Å². The zero-order chi connectivity index (χ0) is 9.52. The van der Waals surface area contributed by atoms with E-state index in [-0.39, 0.29) is 6.61 Å². The highest BCUT2D eigenvalue weighted by Crippen LogP contribution is 2.07.